The number of benzene rings is 1. The number of rotatable bonds is 3. The second-order valence-corrected chi connectivity index (χ2v) is 5.30. The molecule has 0 amide bonds. The predicted octanol–water partition coefficient (Wildman–Crippen LogP) is 3.45. The minimum atomic E-state index is 0.170. The van der Waals surface area contributed by atoms with E-state index in [0.29, 0.717) is 0 Å². The topological polar surface area (TPSA) is 63.8 Å². The maximum Gasteiger partial charge on any atom is 0.115 e. The van der Waals surface area contributed by atoms with Gasteiger partial charge in [-0.2, -0.15) is 0 Å². The van der Waals surface area contributed by atoms with Crippen molar-refractivity contribution in [1.29, 1.82) is 0 Å². The highest BCUT2D eigenvalue weighted by molar-refractivity contribution is 7.09. The van der Waals surface area contributed by atoms with Crippen LogP contribution < -0.4 is 11.1 Å². The number of anilines is 2. The zero-order chi connectivity index (χ0) is 13.2. The molecule has 4 nitrogen and oxygen atoms in total. The summed E-state index contributed by atoms with van der Waals surface area (Å²) in [6.45, 7) is 2.10. The quantitative estimate of drug-likeness (QED) is 0.715. The zero-order valence-electron chi connectivity index (χ0n) is 10.5. The van der Waals surface area contributed by atoms with Gasteiger partial charge in [-0.3, -0.25) is 4.98 Å². The van der Waals surface area contributed by atoms with Crippen molar-refractivity contribution >= 4 is 33.6 Å². The van der Waals surface area contributed by atoms with Gasteiger partial charge in [0.25, 0.3) is 0 Å². The van der Waals surface area contributed by atoms with Crippen molar-refractivity contribution < 1.29 is 0 Å². The first-order valence-electron chi connectivity index (χ1n) is 6.04. The van der Waals surface area contributed by atoms with Crippen molar-refractivity contribution in [2.24, 2.45) is 0 Å². The van der Waals surface area contributed by atoms with Gasteiger partial charge in [-0.25, -0.2) is 4.98 Å². The Morgan fingerprint density at radius 2 is 2.11 bits per heavy atom. The van der Waals surface area contributed by atoms with Crippen molar-refractivity contribution in [1.82, 2.24) is 9.97 Å². The Balaban J connectivity index is 1.97. The molecule has 1 atom stereocenters. The molecule has 3 aromatic rings. The Morgan fingerprint density at radius 1 is 1.21 bits per heavy atom. The molecule has 0 fully saturated rings. The van der Waals surface area contributed by atoms with Crippen molar-refractivity contribution in [2.75, 3.05) is 11.1 Å². The van der Waals surface area contributed by atoms with Crippen LogP contribution in [0.2, 0.25) is 0 Å². The maximum absolute atomic E-state index is 5.78. The van der Waals surface area contributed by atoms with Crippen molar-refractivity contribution in [3.8, 4) is 0 Å². The van der Waals surface area contributed by atoms with E-state index in [1.807, 2.05) is 35.8 Å². The lowest BCUT2D eigenvalue weighted by Gasteiger charge is -2.14. The molecule has 0 saturated carbocycles. The van der Waals surface area contributed by atoms with Crippen LogP contribution >= 0.6 is 11.3 Å². The molecule has 0 aliphatic rings. The summed E-state index contributed by atoms with van der Waals surface area (Å²) in [6, 6.07) is 7.91. The Labute approximate surface area is 115 Å². The number of thiazole rings is 1. The third kappa shape index (κ3) is 2.37. The molecule has 1 unspecified atom stereocenters. The fourth-order valence-corrected chi connectivity index (χ4v) is 2.68. The van der Waals surface area contributed by atoms with Crippen LogP contribution in [-0.4, -0.2) is 9.97 Å². The molecule has 0 aliphatic heterocycles. The van der Waals surface area contributed by atoms with E-state index in [0.717, 1.165) is 27.3 Å². The van der Waals surface area contributed by atoms with Gasteiger partial charge in [0.2, 0.25) is 0 Å². The molecular formula is C14H14N4S. The summed E-state index contributed by atoms with van der Waals surface area (Å²) >= 11 is 1.65. The van der Waals surface area contributed by atoms with Gasteiger partial charge in [0.1, 0.15) is 5.01 Å². The zero-order valence-corrected chi connectivity index (χ0v) is 11.3. The number of nitrogens with two attached hydrogens (primary N) is 1. The maximum atomic E-state index is 5.78. The summed E-state index contributed by atoms with van der Waals surface area (Å²) in [4.78, 5) is 8.67. The van der Waals surface area contributed by atoms with Gasteiger partial charge in [0, 0.05) is 34.5 Å². The molecule has 0 aliphatic carbocycles. The summed E-state index contributed by atoms with van der Waals surface area (Å²) in [5.74, 6) is 0. The fourth-order valence-electron chi connectivity index (χ4n) is 2.03. The van der Waals surface area contributed by atoms with Gasteiger partial charge in [-0.1, -0.05) is 0 Å². The molecule has 5 heteroatoms. The predicted molar refractivity (Wildman–Crippen MR) is 80.3 cm³/mol. The van der Waals surface area contributed by atoms with E-state index in [2.05, 4.69) is 22.2 Å². The van der Waals surface area contributed by atoms with Crippen LogP contribution in [-0.2, 0) is 0 Å². The van der Waals surface area contributed by atoms with E-state index in [-0.39, 0.29) is 6.04 Å². The van der Waals surface area contributed by atoms with Gasteiger partial charge < -0.3 is 11.1 Å². The standard InChI is InChI=1S/C14H14N4S/c1-9(14-17-6-7-19-14)18-12-4-5-16-13-8-10(15)2-3-11(12)13/h2-9H,15H2,1H3,(H,16,18). The van der Waals surface area contributed by atoms with Crippen LogP contribution in [0.15, 0.2) is 42.0 Å². The second kappa shape index (κ2) is 4.85. The Bertz CT molecular complexity index is 694. The van der Waals surface area contributed by atoms with Crippen LogP contribution in [0.25, 0.3) is 10.9 Å². The number of aromatic nitrogens is 2. The van der Waals surface area contributed by atoms with Gasteiger partial charge in [0.05, 0.1) is 11.6 Å². The molecule has 19 heavy (non-hydrogen) atoms. The molecule has 0 spiro atoms. The van der Waals surface area contributed by atoms with E-state index in [1.54, 1.807) is 17.5 Å². The monoisotopic (exact) mass is 270 g/mol. The van der Waals surface area contributed by atoms with Gasteiger partial charge >= 0.3 is 0 Å². The van der Waals surface area contributed by atoms with Crippen molar-refractivity contribution in [2.45, 2.75) is 13.0 Å². The van der Waals surface area contributed by atoms with Crippen LogP contribution in [0.3, 0.4) is 0 Å². The van der Waals surface area contributed by atoms with Crippen LogP contribution in [0, 0.1) is 0 Å². The molecule has 0 bridgehead atoms. The van der Waals surface area contributed by atoms with E-state index in [9.17, 15) is 0 Å². The lowest BCUT2D eigenvalue weighted by atomic mass is 10.1. The summed E-state index contributed by atoms with van der Waals surface area (Å²) in [5.41, 5.74) is 8.46. The fraction of sp³-hybridized carbons (Fsp3) is 0.143. The molecule has 2 heterocycles. The summed E-state index contributed by atoms with van der Waals surface area (Å²) in [7, 11) is 0. The minimum absolute atomic E-state index is 0.170. The number of nitrogen functional groups attached to an aromatic ring is 1. The second-order valence-electron chi connectivity index (χ2n) is 4.37. The Hall–Kier alpha value is -2.14. The first kappa shape index (κ1) is 11.9. The Kier molecular flexibility index (Phi) is 3.05. The van der Waals surface area contributed by atoms with E-state index in [4.69, 9.17) is 5.73 Å². The van der Waals surface area contributed by atoms with Gasteiger partial charge in [0.15, 0.2) is 0 Å². The molecule has 0 radical (unpaired) electrons. The first-order chi connectivity index (χ1) is 9.24. The van der Waals surface area contributed by atoms with Crippen molar-refractivity contribution in [3.05, 3.63) is 47.0 Å². The summed E-state index contributed by atoms with van der Waals surface area (Å²) < 4.78 is 0. The highest BCUT2D eigenvalue weighted by Crippen LogP contribution is 2.27. The van der Waals surface area contributed by atoms with E-state index in [1.165, 1.54) is 0 Å². The van der Waals surface area contributed by atoms with E-state index >= 15 is 0 Å². The number of hydrogen-bond acceptors (Lipinski definition) is 5. The largest absolute Gasteiger partial charge is 0.399 e. The number of pyridine rings is 1. The molecule has 1 aromatic carbocycles. The normalized spacial score (nSPS) is 12.5. The number of fused-ring (bicyclic) bond motifs is 1. The SMILES string of the molecule is CC(Nc1ccnc2cc(N)ccc12)c1nccs1. The van der Waals surface area contributed by atoms with Crippen molar-refractivity contribution in [3.63, 3.8) is 0 Å². The van der Waals surface area contributed by atoms with E-state index < -0.39 is 0 Å². The Morgan fingerprint density at radius 3 is 2.89 bits per heavy atom. The van der Waals surface area contributed by atoms with Crippen LogP contribution in [0.1, 0.15) is 18.0 Å². The van der Waals surface area contributed by atoms with Crippen LogP contribution in [0.5, 0.6) is 0 Å². The molecule has 3 rings (SSSR count). The lowest BCUT2D eigenvalue weighted by molar-refractivity contribution is 0.871. The number of hydrogen-bond donors (Lipinski definition) is 2. The molecule has 3 N–H and O–H groups in total. The van der Waals surface area contributed by atoms with Crippen LogP contribution in [0.4, 0.5) is 11.4 Å². The molecule has 0 saturated heterocycles. The molecular weight excluding hydrogens is 256 g/mol. The third-order valence-electron chi connectivity index (χ3n) is 2.96. The molecule has 96 valence electrons. The first-order valence-corrected chi connectivity index (χ1v) is 6.92. The number of nitrogens with zero attached hydrogens (tertiary/aromatic N) is 2. The average molecular weight is 270 g/mol. The molecule has 2 aromatic heterocycles. The minimum Gasteiger partial charge on any atom is -0.399 e. The highest BCUT2D eigenvalue weighted by Gasteiger charge is 2.10. The van der Waals surface area contributed by atoms with Gasteiger partial charge in [-0.05, 0) is 31.2 Å². The number of nitrogens with one attached hydrogen (secondary N) is 1. The lowest BCUT2D eigenvalue weighted by Crippen LogP contribution is -2.06. The summed E-state index contributed by atoms with van der Waals surface area (Å²) in [6.07, 6.45) is 3.61. The highest BCUT2D eigenvalue weighted by atomic mass is 32.1. The third-order valence-corrected chi connectivity index (χ3v) is 3.92. The average Bonchev–Trinajstić information content (AvgIpc) is 2.92. The smallest absolute Gasteiger partial charge is 0.115 e. The summed E-state index contributed by atoms with van der Waals surface area (Å²) in [5, 5.41) is 7.60. The van der Waals surface area contributed by atoms with Gasteiger partial charge in [-0.15, -0.1) is 11.3 Å².